The number of hydrogen-bond acceptors (Lipinski definition) is 7. The lowest BCUT2D eigenvalue weighted by atomic mass is 10.1. The zero-order valence-corrected chi connectivity index (χ0v) is 16.6. The lowest BCUT2D eigenvalue weighted by molar-refractivity contribution is -0.130. The number of pyridine rings is 1. The Kier molecular flexibility index (Phi) is 6.02. The molecule has 150 valence electrons. The maximum Gasteiger partial charge on any atom is 0.244 e. The first-order valence-electron chi connectivity index (χ1n) is 9.47. The van der Waals surface area contributed by atoms with Crippen molar-refractivity contribution in [2.24, 2.45) is 5.92 Å². The highest BCUT2D eigenvalue weighted by atomic mass is 16.2. The molecule has 1 saturated carbocycles. The number of nitrogens with one attached hydrogen (secondary N) is 2. The van der Waals surface area contributed by atoms with Gasteiger partial charge in [0, 0.05) is 31.3 Å². The summed E-state index contributed by atoms with van der Waals surface area (Å²) in [5, 5.41) is 15.1. The number of amides is 2. The minimum atomic E-state index is -0.518. The molecule has 9 nitrogen and oxygen atoms in total. The zero-order valence-electron chi connectivity index (χ0n) is 16.6. The lowest BCUT2D eigenvalue weighted by Crippen LogP contribution is -2.39. The minimum absolute atomic E-state index is 0.0331. The van der Waals surface area contributed by atoms with Crippen molar-refractivity contribution in [1.82, 2.24) is 19.9 Å². The number of hydrogen-bond donors (Lipinski definition) is 2. The molecule has 0 aliphatic heterocycles. The second-order valence-electron chi connectivity index (χ2n) is 7.00. The van der Waals surface area contributed by atoms with Gasteiger partial charge in [-0.1, -0.05) is 0 Å². The van der Waals surface area contributed by atoms with Gasteiger partial charge in [0.2, 0.25) is 11.8 Å². The number of carbonyl (C=O) groups is 2. The quantitative estimate of drug-likeness (QED) is 0.737. The Morgan fingerprint density at radius 1 is 1.28 bits per heavy atom. The predicted molar refractivity (Wildman–Crippen MR) is 108 cm³/mol. The Labute approximate surface area is 169 Å². The third-order valence-electron chi connectivity index (χ3n) is 4.73. The van der Waals surface area contributed by atoms with Gasteiger partial charge in [0.1, 0.15) is 12.1 Å². The SMILES string of the molecule is CCN(C)C(=O)C(C)Nc1cc(-c2cnc(NC(=O)C3CC3)cn2)cnc1C#N. The second kappa shape index (κ2) is 8.65. The van der Waals surface area contributed by atoms with Gasteiger partial charge in [-0.2, -0.15) is 5.26 Å². The largest absolute Gasteiger partial charge is 0.372 e. The Bertz CT molecular complexity index is 948. The summed E-state index contributed by atoms with van der Waals surface area (Å²) in [5.74, 6) is 0.364. The molecule has 2 N–H and O–H groups in total. The van der Waals surface area contributed by atoms with Gasteiger partial charge in [0.05, 0.1) is 23.8 Å². The van der Waals surface area contributed by atoms with Gasteiger partial charge < -0.3 is 15.5 Å². The van der Waals surface area contributed by atoms with Crippen molar-refractivity contribution >= 4 is 23.3 Å². The van der Waals surface area contributed by atoms with Gasteiger partial charge in [0.25, 0.3) is 0 Å². The molecule has 2 aromatic heterocycles. The number of nitrogens with zero attached hydrogens (tertiary/aromatic N) is 5. The molecule has 0 spiro atoms. The maximum absolute atomic E-state index is 12.3. The van der Waals surface area contributed by atoms with Crippen LogP contribution in [0.2, 0.25) is 0 Å². The van der Waals surface area contributed by atoms with E-state index in [0.717, 1.165) is 12.8 Å². The molecule has 9 heteroatoms. The van der Waals surface area contributed by atoms with Crippen LogP contribution in [-0.4, -0.2) is 51.3 Å². The van der Waals surface area contributed by atoms with E-state index in [9.17, 15) is 14.9 Å². The molecule has 1 aliphatic carbocycles. The van der Waals surface area contributed by atoms with Crippen molar-refractivity contribution < 1.29 is 9.59 Å². The summed E-state index contributed by atoms with van der Waals surface area (Å²) in [5.41, 5.74) is 1.82. The van der Waals surface area contributed by atoms with E-state index in [-0.39, 0.29) is 23.4 Å². The topological polar surface area (TPSA) is 124 Å². The number of aromatic nitrogens is 3. The minimum Gasteiger partial charge on any atom is -0.372 e. The Morgan fingerprint density at radius 2 is 2.03 bits per heavy atom. The first-order valence-corrected chi connectivity index (χ1v) is 9.47. The highest BCUT2D eigenvalue weighted by molar-refractivity contribution is 5.93. The summed E-state index contributed by atoms with van der Waals surface area (Å²) in [6.45, 7) is 4.22. The van der Waals surface area contributed by atoms with Crippen molar-refractivity contribution in [2.45, 2.75) is 32.7 Å². The van der Waals surface area contributed by atoms with Crippen LogP contribution in [0.5, 0.6) is 0 Å². The fourth-order valence-corrected chi connectivity index (χ4v) is 2.70. The highest BCUT2D eigenvalue weighted by Gasteiger charge is 2.29. The zero-order chi connectivity index (χ0) is 21.0. The molecule has 1 unspecified atom stereocenters. The molecule has 1 fully saturated rings. The van der Waals surface area contributed by atoms with Gasteiger partial charge >= 0.3 is 0 Å². The number of nitriles is 1. The molecule has 1 aliphatic rings. The molecule has 29 heavy (non-hydrogen) atoms. The summed E-state index contributed by atoms with van der Waals surface area (Å²) < 4.78 is 0. The van der Waals surface area contributed by atoms with E-state index in [1.165, 1.54) is 18.6 Å². The van der Waals surface area contributed by atoms with Crippen molar-refractivity contribution in [2.75, 3.05) is 24.2 Å². The van der Waals surface area contributed by atoms with Crippen LogP contribution < -0.4 is 10.6 Å². The van der Waals surface area contributed by atoms with E-state index >= 15 is 0 Å². The van der Waals surface area contributed by atoms with E-state index < -0.39 is 6.04 Å². The fourth-order valence-electron chi connectivity index (χ4n) is 2.70. The van der Waals surface area contributed by atoms with Crippen LogP contribution >= 0.6 is 0 Å². The molecule has 2 aromatic rings. The lowest BCUT2D eigenvalue weighted by Gasteiger charge is -2.21. The molecule has 0 aromatic carbocycles. The monoisotopic (exact) mass is 393 g/mol. The number of likely N-dealkylation sites (N-methyl/N-ethyl adjacent to an activating group) is 1. The Balaban J connectivity index is 1.78. The van der Waals surface area contributed by atoms with Crippen LogP contribution in [0, 0.1) is 17.2 Å². The van der Waals surface area contributed by atoms with E-state index in [0.29, 0.717) is 29.3 Å². The third kappa shape index (κ3) is 4.85. The van der Waals surface area contributed by atoms with Crippen molar-refractivity contribution in [3.63, 3.8) is 0 Å². The summed E-state index contributed by atoms with van der Waals surface area (Å²) in [4.78, 5) is 38.5. The number of rotatable bonds is 7. The normalized spacial score (nSPS) is 13.9. The molecule has 3 rings (SSSR count). The molecular formula is C20H23N7O2. The molecule has 1 atom stereocenters. The number of anilines is 2. The van der Waals surface area contributed by atoms with E-state index in [2.05, 4.69) is 25.6 Å². The van der Waals surface area contributed by atoms with Crippen molar-refractivity contribution in [1.29, 1.82) is 5.26 Å². The van der Waals surface area contributed by atoms with Crippen LogP contribution in [0.15, 0.2) is 24.7 Å². The predicted octanol–water partition coefficient (Wildman–Crippen LogP) is 2.04. The van der Waals surface area contributed by atoms with E-state index in [1.807, 2.05) is 13.0 Å². The first kappa shape index (κ1) is 20.2. The second-order valence-corrected chi connectivity index (χ2v) is 7.00. The van der Waals surface area contributed by atoms with Crippen LogP contribution in [0.4, 0.5) is 11.5 Å². The van der Waals surface area contributed by atoms with Crippen LogP contribution in [0.25, 0.3) is 11.3 Å². The molecule has 2 heterocycles. The summed E-state index contributed by atoms with van der Waals surface area (Å²) in [7, 11) is 1.72. The standard InChI is InChI=1S/C20H23N7O2/c1-4-27(3)20(29)12(2)25-15-7-14(9-22-16(15)8-21)17-10-24-18(11-23-17)26-19(28)13-5-6-13/h7,9-13,25H,4-6H2,1-3H3,(H,24,26,28). The van der Waals surface area contributed by atoms with Crippen LogP contribution in [0.1, 0.15) is 32.4 Å². The summed E-state index contributed by atoms with van der Waals surface area (Å²) >= 11 is 0. The Hall–Kier alpha value is -3.54. The van der Waals surface area contributed by atoms with Crippen LogP contribution in [0.3, 0.4) is 0 Å². The van der Waals surface area contributed by atoms with Gasteiger partial charge in [-0.05, 0) is 32.8 Å². The van der Waals surface area contributed by atoms with Gasteiger partial charge in [-0.25, -0.2) is 9.97 Å². The molecule has 0 radical (unpaired) electrons. The molecule has 0 saturated heterocycles. The van der Waals surface area contributed by atoms with E-state index in [4.69, 9.17) is 0 Å². The van der Waals surface area contributed by atoms with Gasteiger partial charge in [-0.3, -0.25) is 14.6 Å². The van der Waals surface area contributed by atoms with Gasteiger partial charge in [0.15, 0.2) is 11.5 Å². The summed E-state index contributed by atoms with van der Waals surface area (Å²) in [6, 6.07) is 3.22. The highest BCUT2D eigenvalue weighted by Crippen LogP contribution is 2.30. The van der Waals surface area contributed by atoms with Crippen LogP contribution in [-0.2, 0) is 9.59 Å². The fraction of sp³-hybridized carbons (Fsp3) is 0.400. The number of carbonyl (C=O) groups excluding carboxylic acids is 2. The smallest absolute Gasteiger partial charge is 0.244 e. The molecular weight excluding hydrogens is 370 g/mol. The third-order valence-corrected chi connectivity index (χ3v) is 4.73. The van der Waals surface area contributed by atoms with E-state index in [1.54, 1.807) is 24.9 Å². The summed E-state index contributed by atoms with van der Waals surface area (Å²) in [6.07, 6.45) is 6.39. The first-order chi connectivity index (χ1) is 13.9. The van der Waals surface area contributed by atoms with Crippen molar-refractivity contribution in [3.05, 3.63) is 30.4 Å². The average Bonchev–Trinajstić information content (AvgIpc) is 3.58. The molecule has 0 bridgehead atoms. The van der Waals surface area contributed by atoms with Gasteiger partial charge in [-0.15, -0.1) is 0 Å². The maximum atomic E-state index is 12.3. The molecule has 2 amide bonds. The van der Waals surface area contributed by atoms with Crippen molar-refractivity contribution in [3.8, 4) is 17.3 Å². The Morgan fingerprint density at radius 3 is 2.62 bits per heavy atom. The average molecular weight is 393 g/mol.